The molecule has 0 spiro atoms. The van der Waals surface area contributed by atoms with Gasteiger partial charge in [-0.15, -0.1) is 0 Å². The van der Waals surface area contributed by atoms with Crippen molar-refractivity contribution in [3.63, 3.8) is 0 Å². The Morgan fingerprint density at radius 2 is 1.84 bits per heavy atom. The quantitative estimate of drug-likeness (QED) is 0.575. The van der Waals surface area contributed by atoms with Gasteiger partial charge in [-0.25, -0.2) is 4.98 Å². The lowest BCUT2D eigenvalue weighted by Crippen LogP contribution is -2.31. The van der Waals surface area contributed by atoms with Crippen molar-refractivity contribution in [3.05, 3.63) is 71.2 Å². The zero-order chi connectivity index (χ0) is 21.2. The van der Waals surface area contributed by atoms with Gasteiger partial charge in [0.1, 0.15) is 5.82 Å². The number of nitrogens with zero attached hydrogens (tertiary/aromatic N) is 1. The van der Waals surface area contributed by atoms with Gasteiger partial charge in [0.05, 0.1) is 0 Å². The van der Waals surface area contributed by atoms with E-state index in [-0.39, 0.29) is 17.1 Å². The van der Waals surface area contributed by atoms with Gasteiger partial charge in [0.2, 0.25) is 5.95 Å². The lowest BCUT2D eigenvalue weighted by atomic mass is 9.92. The SMILES string of the molecule is Nc1nc(F)c(-c2ccc([C@@]34CNC[C@@H]3C4)cc2)cc1-c1ccc2c(c1)CCNC2=O. The number of nitrogen functional groups attached to an aromatic ring is 1. The summed E-state index contributed by atoms with van der Waals surface area (Å²) in [6, 6.07) is 15.6. The number of hydrogen-bond acceptors (Lipinski definition) is 4. The Labute approximate surface area is 179 Å². The van der Waals surface area contributed by atoms with Crippen LogP contribution in [0.3, 0.4) is 0 Å². The van der Waals surface area contributed by atoms with Crippen molar-refractivity contribution in [1.82, 2.24) is 15.6 Å². The molecule has 1 amide bonds. The van der Waals surface area contributed by atoms with Gasteiger partial charge in [0.25, 0.3) is 5.91 Å². The van der Waals surface area contributed by atoms with Crippen LogP contribution >= 0.6 is 0 Å². The molecule has 2 aliphatic heterocycles. The summed E-state index contributed by atoms with van der Waals surface area (Å²) in [5.74, 6) is 0.241. The van der Waals surface area contributed by atoms with Crippen LogP contribution in [0.5, 0.6) is 0 Å². The van der Waals surface area contributed by atoms with Crippen molar-refractivity contribution in [2.45, 2.75) is 18.3 Å². The van der Waals surface area contributed by atoms with E-state index in [1.165, 1.54) is 12.0 Å². The number of aromatic nitrogens is 1. The molecule has 0 unspecified atom stereocenters. The van der Waals surface area contributed by atoms with Gasteiger partial charge in [0, 0.05) is 35.2 Å². The minimum Gasteiger partial charge on any atom is -0.383 e. The highest BCUT2D eigenvalue weighted by Crippen LogP contribution is 2.56. The number of nitrogens with two attached hydrogens (primary N) is 1. The summed E-state index contributed by atoms with van der Waals surface area (Å²) in [6.45, 7) is 2.72. The average molecular weight is 414 g/mol. The molecule has 3 aromatic rings. The van der Waals surface area contributed by atoms with E-state index in [0.29, 0.717) is 23.2 Å². The molecule has 2 aromatic carbocycles. The van der Waals surface area contributed by atoms with E-state index in [0.717, 1.165) is 42.1 Å². The normalized spacial score (nSPS) is 23.8. The van der Waals surface area contributed by atoms with Crippen LogP contribution in [-0.2, 0) is 11.8 Å². The molecule has 1 aliphatic carbocycles. The van der Waals surface area contributed by atoms with Crippen LogP contribution in [0.4, 0.5) is 10.2 Å². The maximum absolute atomic E-state index is 14.8. The Morgan fingerprint density at radius 1 is 1.03 bits per heavy atom. The number of benzene rings is 2. The van der Waals surface area contributed by atoms with Crippen molar-refractivity contribution in [2.75, 3.05) is 25.4 Å². The van der Waals surface area contributed by atoms with Crippen LogP contribution in [0.15, 0.2) is 48.5 Å². The van der Waals surface area contributed by atoms with Crippen LogP contribution in [0.1, 0.15) is 27.9 Å². The Kier molecular flexibility index (Phi) is 3.96. The summed E-state index contributed by atoms with van der Waals surface area (Å²) in [4.78, 5) is 16.0. The van der Waals surface area contributed by atoms with Gasteiger partial charge >= 0.3 is 0 Å². The van der Waals surface area contributed by atoms with E-state index in [4.69, 9.17) is 5.73 Å². The maximum Gasteiger partial charge on any atom is 0.251 e. The summed E-state index contributed by atoms with van der Waals surface area (Å²) < 4.78 is 14.8. The van der Waals surface area contributed by atoms with E-state index in [1.54, 1.807) is 12.1 Å². The molecule has 6 heteroatoms. The zero-order valence-corrected chi connectivity index (χ0v) is 17.0. The first-order chi connectivity index (χ1) is 15.0. The highest BCUT2D eigenvalue weighted by molar-refractivity contribution is 5.97. The highest BCUT2D eigenvalue weighted by Gasteiger charge is 2.57. The predicted molar refractivity (Wildman–Crippen MR) is 118 cm³/mol. The molecule has 156 valence electrons. The van der Waals surface area contributed by atoms with Crippen molar-refractivity contribution < 1.29 is 9.18 Å². The topological polar surface area (TPSA) is 80.0 Å². The smallest absolute Gasteiger partial charge is 0.251 e. The van der Waals surface area contributed by atoms with Gasteiger partial charge < -0.3 is 16.4 Å². The standard InChI is InChI=1S/C25H23FN4O/c26-22-20(14-1-4-17(5-2-14)25-11-18(25)12-28-13-25)10-21(23(27)30-22)15-3-6-19-16(9-15)7-8-29-24(19)31/h1-6,9-10,18,28H,7-8,11-13H2,(H2,27,30)(H,29,31)/t18-,25+/m0/s1. The van der Waals surface area contributed by atoms with Crippen LogP contribution < -0.4 is 16.4 Å². The number of carbonyl (C=O) groups is 1. The molecular formula is C25H23FN4O. The fourth-order valence-electron chi connectivity index (χ4n) is 5.30. The second-order valence-electron chi connectivity index (χ2n) is 8.90. The van der Waals surface area contributed by atoms with E-state index in [9.17, 15) is 9.18 Å². The number of pyridine rings is 1. The van der Waals surface area contributed by atoms with Gasteiger partial charge in [-0.3, -0.25) is 4.79 Å². The van der Waals surface area contributed by atoms with E-state index >= 15 is 0 Å². The third-order valence-electron chi connectivity index (χ3n) is 7.18. The predicted octanol–water partition coefficient (Wildman–Crippen LogP) is 3.28. The van der Waals surface area contributed by atoms with Crippen LogP contribution in [0.2, 0.25) is 0 Å². The molecule has 2 fully saturated rings. The monoisotopic (exact) mass is 414 g/mol. The fourth-order valence-corrected chi connectivity index (χ4v) is 5.30. The number of hydrogen-bond donors (Lipinski definition) is 3. The number of fused-ring (bicyclic) bond motifs is 2. The van der Waals surface area contributed by atoms with Crippen molar-refractivity contribution in [2.24, 2.45) is 5.92 Å². The Hall–Kier alpha value is -3.25. The lowest BCUT2D eigenvalue weighted by molar-refractivity contribution is 0.0946. The first kappa shape index (κ1) is 18.5. The molecule has 4 N–H and O–H groups in total. The van der Waals surface area contributed by atoms with Crippen LogP contribution in [0, 0.1) is 11.9 Å². The van der Waals surface area contributed by atoms with E-state index < -0.39 is 5.95 Å². The molecule has 0 bridgehead atoms. The fraction of sp³-hybridized carbons (Fsp3) is 0.280. The van der Waals surface area contributed by atoms with Gasteiger partial charge in [-0.05, 0) is 59.7 Å². The number of anilines is 1. The number of halogens is 1. The Morgan fingerprint density at radius 3 is 2.58 bits per heavy atom. The summed E-state index contributed by atoms with van der Waals surface area (Å²) in [5.41, 5.74) is 12.1. The highest BCUT2D eigenvalue weighted by atomic mass is 19.1. The van der Waals surface area contributed by atoms with E-state index in [2.05, 4.69) is 27.8 Å². The van der Waals surface area contributed by atoms with E-state index in [1.807, 2.05) is 24.3 Å². The molecule has 1 saturated carbocycles. The molecule has 5 nitrogen and oxygen atoms in total. The van der Waals surface area contributed by atoms with Gasteiger partial charge in [0.15, 0.2) is 0 Å². The number of piperidine rings is 1. The minimum absolute atomic E-state index is 0.0615. The van der Waals surface area contributed by atoms with Gasteiger partial charge in [-0.2, -0.15) is 4.39 Å². The van der Waals surface area contributed by atoms with Crippen LogP contribution in [-0.4, -0.2) is 30.5 Å². The Balaban J connectivity index is 1.38. The van der Waals surface area contributed by atoms with Crippen molar-refractivity contribution in [3.8, 4) is 22.3 Å². The first-order valence-corrected chi connectivity index (χ1v) is 10.7. The molecule has 6 rings (SSSR count). The average Bonchev–Trinajstić information content (AvgIpc) is 3.34. The maximum atomic E-state index is 14.8. The third-order valence-corrected chi connectivity index (χ3v) is 7.18. The number of carbonyl (C=O) groups excluding carboxylic acids is 1. The molecule has 1 saturated heterocycles. The lowest BCUT2D eigenvalue weighted by Gasteiger charge is -2.18. The first-order valence-electron chi connectivity index (χ1n) is 10.7. The largest absolute Gasteiger partial charge is 0.383 e. The minimum atomic E-state index is -0.573. The molecule has 3 heterocycles. The Bertz CT molecular complexity index is 1220. The second-order valence-corrected chi connectivity index (χ2v) is 8.90. The molecular weight excluding hydrogens is 391 g/mol. The molecule has 1 aromatic heterocycles. The molecule has 0 radical (unpaired) electrons. The summed E-state index contributed by atoms with van der Waals surface area (Å²) in [7, 11) is 0. The zero-order valence-electron chi connectivity index (χ0n) is 17.0. The van der Waals surface area contributed by atoms with Crippen molar-refractivity contribution >= 4 is 11.7 Å². The summed E-state index contributed by atoms with van der Waals surface area (Å²) in [6.07, 6.45) is 1.99. The van der Waals surface area contributed by atoms with Crippen molar-refractivity contribution in [1.29, 1.82) is 0 Å². The van der Waals surface area contributed by atoms with Crippen LogP contribution in [0.25, 0.3) is 22.3 Å². The molecule has 31 heavy (non-hydrogen) atoms. The van der Waals surface area contributed by atoms with Gasteiger partial charge in [-0.1, -0.05) is 36.4 Å². The number of amides is 1. The second kappa shape index (κ2) is 6.62. The summed E-state index contributed by atoms with van der Waals surface area (Å²) in [5, 5.41) is 6.31. The number of rotatable bonds is 3. The number of nitrogens with one attached hydrogen (secondary N) is 2. The molecule has 3 aliphatic rings. The third kappa shape index (κ3) is 2.86. The summed E-state index contributed by atoms with van der Waals surface area (Å²) >= 11 is 0. The molecule has 2 atom stereocenters.